The van der Waals surface area contributed by atoms with Crippen molar-refractivity contribution >= 4 is 15.9 Å². The topological polar surface area (TPSA) is 64.9 Å². The molecule has 0 aliphatic heterocycles. The van der Waals surface area contributed by atoms with Gasteiger partial charge in [0.2, 0.25) is 0 Å². The first-order chi connectivity index (χ1) is 8.38. The Bertz CT molecular complexity index is 528. The minimum absolute atomic E-state index is 0.0964. The lowest BCUT2D eigenvalue weighted by Crippen LogP contribution is -2.27. The fourth-order valence-electron chi connectivity index (χ4n) is 1.46. The molecule has 18 heavy (non-hydrogen) atoms. The van der Waals surface area contributed by atoms with E-state index in [-0.39, 0.29) is 11.5 Å². The molecular weight excluding hydrogens is 294 g/mol. The molecular formula is C13H16BrN3O. The van der Waals surface area contributed by atoms with Gasteiger partial charge in [-0.1, -0.05) is 41.9 Å². The summed E-state index contributed by atoms with van der Waals surface area (Å²) in [6, 6.07) is 7.46. The van der Waals surface area contributed by atoms with Crippen LogP contribution in [0.5, 0.6) is 0 Å². The van der Waals surface area contributed by atoms with Crippen molar-refractivity contribution in [3.8, 4) is 11.5 Å². The Morgan fingerprint density at radius 3 is 2.39 bits per heavy atom. The zero-order valence-electron chi connectivity index (χ0n) is 10.6. The second-order valence-corrected chi connectivity index (χ2v) is 6.22. The first-order valence-electron chi connectivity index (χ1n) is 5.73. The highest BCUT2D eigenvalue weighted by Crippen LogP contribution is 2.30. The van der Waals surface area contributed by atoms with Crippen LogP contribution in [0, 0.1) is 5.41 Å². The Kier molecular flexibility index (Phi) is 3.54. The summed E-state index contributed by atoms with van der Waals surface area (Å²) in [6.07, 6.45) is 0. The number of rotatable bonds is 2. The lowest BCUT2D eigenvalue weighted by molar-refractivity contribution is 0.303. The molecule has 0 saturated carbocycles. The van der Waals surface area contributed by atoms with Crippen LogP contribution in [0.25, 0.3) is 11.5 Å². The standard InChI is InChI=1S/C13H16BrN3O/c1-13(2,3)10(15)11-16-12(18-17-11)8-4-6-9(14)7-5-8/h4-7,10H,15H2,1-3H3. The molecule has 0 spiro atoms. The largest absolute Gasteiger partial charge is 0.334 e. The van der Waals surface area contributed by atoms with E-state index in [1.807, 2.05) is 45.0 Å². The molecule has 96 valence electrons. The summed E-state index contributed by atoms with van der Waals surface area (Å²) in [5.41, 5.74) is 6.89. The van der Waals surface area contributed by atoms with Crippen LogP contribution in [0.1, 0.15) is 32.6 Å². The molecule has 1 aromatic carbocycles. The van der Waals surface area contributed by atoms with Crippen LogP contribution >= 0.6 is 15.9 Å². The van der Waals surface area contributed by atoms with Gasteiger partial charge in [-0.3, -0.25) is 0 Å². The smallest absolute Gasteiger partial charge is 0.257 e. The van der Waals surface area contributed by atoms with Gasteiger partial charge in [-0.2, -0.15) is 4.98 Å². The van der Waals surface area contributed by atoms with Gasteiger partial charge in [0.1, 0.15) is 0 Å². The van der Waals surface area contributed by atoms with Crippen molar-refractivity contribution in [2.24, 2.45) is 11.1 Å². The number of hydrogen-bond acceptors (Lipinski definition) is 4. The first kappa shape index (κ1) is 13.2. The van der Waals surface area contributed by atoms with Crippen molar-refractivity contribution in [1.82, 2.24) is 10.1 Å². The summed E-state index contributed by atoms with van der Waals surface area (Å²) in [4.78, 5) is 4.36. The molecule has 5 heteroatoms. The highest BCUT2D eigenvalue weighted by molar-refractivity contribution is 9.10. The van der Waals surface area contributed by atoms with Gasteiger partial charge in [0.05, 0.1) is 6.04 Å². The molecule has 2 aromatic rings. The Labute approximate surface area is 115 Å². The third-order valence-electron chi connectivity index (χ3n) is 2.74. The van der Waals surface area contributed by atoms with E-state index >= 15 is 0 Å². The van der Waals surface area contributed by atoms with Crippen LogP contribution in [-0.4, -0.2) is 10.1 Å². The fraction of sp³-hybridized carbons (Fsp3) is 0.385. The van der Waals surface area contributed by atoms with Gasteiger partial charge in [0, 0.05) is 10.0 Å². The van der Waals surface area contributed by atoms with Crippen molar-refractivity contribution < 1.29 is 4.52 Å². The van der Waals surface area contributed by atoms with Crippen molar-refractivity contribution in [3.05, 3.63) is 34.6 Å². The van der Waals surface area contributed by atoms with Gasteiger partial charge in [-0.15, -0.1) is 0 Å². The predicted octanol–water partition coefficient (Wildman–Crippen LogP) is 3.55. The molecule has 0 saturated heterocycles. The molecule has 1 atom stereocenters. The molecule has 1 aromatic heterocycles. The average Bonchev–Trinajstić information content (AvgIpc) is 2.77. The fourth-order valence-corrected chi connectivity index (χ4v) is 1.72. The van der Waals surface area contributed by atoms with Crippen LogP contribution in [-0.2, 0) is 0 Å². The van der Waals surface area contributed by atoms with Gasteiger partial charge in [0.15, 0.2) is 5.82 Å². The number of benzene rings is 1. The predicted molar refractivity (Wildman–Crippen MR) is 73.8 cm³/mol. The third kappa shape index (κ3) is 2.79. The van der Waals surface area contributed by atoms with E-state index in [1.54, 1.807) is 0 Å². The Morgan fingerprint density at radius 2 is 1.83 bits per heavy atom. The summed E-state index contributed by atoms with van der Waals surface area (Å²) < 4.78 is 6.26. The maximum atomic E-state index is 6.10. The number of halogens is 1. The Morgan fingerprint density at radius 1 is 1.22 bits per heavy atom. The zero-order chi connectivity index (χ0) is 13.3. The molecule has 1 unspecified atom stereocenters. The molecule has 4 nitrogen and oxygen atoms in total. The third-order valence-corrected chi connectivity index (χ3v) is 3.27. The summed E-state index contributed by atoms with van der Waals surface area (Å²) in [6.45, 7) is 6.15. The maximum Gasteiger partial charge on any atom is 0.257 e. The Hall–Kier alpha value is -1.20. The summed E-state index contributed by atoms with van der Waals surface area (Å²) in [5.74, 6) is 1.04. The molecule has 0 amide bonds. The Balaban J connectivity index is 2.28. The van der Waals surface area contributed by atoms with E-state index in [0.29, 0.717) is 11.7 Å². The minimum atomic E-state index is -0.245. The molecule has 0 aliphatic carbocycles. The number of nitrogens with two attached hydrogens (primary N) is 1. The van der Waals surface area contributed by atoms with Gasteiger partial charge < -0.3 is 10.3 Å². The molecule has 0 aliphatic rings. The van der Waals surface area contributed by atoms with E-state index in [0.717, 1.165) is 10.0 Å². The molecule has 2 rings (SSSR count). The van der Waals surface area contributed by atoms with Crippen LogP contribution in [0.2, 0.25) is 0 Å². The van der Waals surface area contributed by atoms with Crippen molar-refractivity contribution in [1.29, 1.82) is 0 Å². The van der Waals surface area contributed by atoms with Gasteiger partial charge in [-0.05, 0) is 29.7 Å². The van der Waals surface area contributed by atoms with E-state index in [4.69, 9.17) is 10.3 Å². The highest BCUT2D eigenvalue weighted by Gasteiger charge is 2.27. The molecule has 2 N–H and O–H groups in total. The summed E-state index contributed by atoms with van der Waals surface area (Å²) >= 11 is 3.39. The molecule has 0 bridgehead atoms. The monoisotopic (exact) mass is 309 g/mol. The van der Waals surface area contributed by atoms with E-state index in [2.05, 4.69) is 26.1 Å². The average molecular weight is 310 g/mol. The maximum absolute atomic E-state index is 6.10. The van der Waals surface area contributed by atoms with Crippen LogP contribution in [0.15, 0.2) is 33.3 Å². The summed E-state index contributed by atoms with van der Waals surface area (Å²) in [7, 11) is 0. The van der Waals surface area contributed by atoms with Crippen molar-refractivity contribution in [2.45, 2.75) is 26.8 Å². The molecule has 0 radical (unpaired) electrons. The van der Waals surface area contributed by atoms with Crippen molar-refractivity contribution in [3.63, 3.8) is 0 Å². The lowest BCUT2D eigenvalue weighted by atomic mass is 9.87. The van der Waals surface area contributed by atoms with E-state index in [1.165, 1.54) is 0 Å². The highest BCUT2D eigenvalue weighted by atomic mass is 79.9. The van der Waals surface area contributed by atoms with Crippen LogP contribution in [0.3, 0.4) is 0 Å². The zero-order valence-corrected chi connectivity index (χ0v) is 12.2. The number of nitrogens with zero attached hydrogens (tertiary/aromatic N) is 2. The van der Waals surface area contributed by atoms with Crippen LogP contribution in [0.4, 0.5) is 0 Å². The molecule has 1 heterocycles. The molecule has 0 fully saturated rings. The normalized spacial score (nSPS) is 13.6. The minimum Gasteiger partial charge on any atom is -0.334 e. The van der Waals surface area contributed by atoms with Gasteiger partial charge in [0.25, 0.3) is 5.89 Å². The second-order valence-electron chi connectivity index (χ2n) is 5.31. The SMILES string of the molecule is CC(C)(C)C(N)c1noc(-c2ccc(Br)cc2)n1. The van der Waals surface area contributed by atoms with Gasteiger partial charge >= 0.3 is 0 Å². The van der Waals surface area contributed by atoms with Crippen LogP contribution < -0.4 is 5.73 Å². The van der Waals surface area contributed by atoms with E-state index in [9.17, 15) is 0 Å². The second kappa shape index (κ2) is 4.82. The van der Waals surface area contributed by atoms with Gasteiger partial charge in [-0.25, -0.2) is 0 Å². The van der Waals surface area contributed by atoms with Crippen molar-refractivity contribution in [2.75, 3.05) is 0 Å². The lowest BCUT2D eigenvalue weighted by Gasteiger charge is -2.23. The number of hydrogen-bond donors (Lipinski definition) is 1. The first-order valence-corrected chi connectivity index (χ1v) is 6.52. The summed E-state index contributed by atoms with van der Waals surface area (Å²) in [5, 5.41) is 3.96. The number of aromatic nitrogens is 2. The quantitative estimate of drug-likeness (QED) is 0.921. The van der Waals surface area contributed by atoms with E-state index < -0.39 is 0 Å².